The Morgan fingerprint density at radius 3 is 2.53 bits per heavy atom. The number of carboxylic acids is 1. The summed E-state index contributed by atoms with van der Waals surface area (Å²) < 4.78 is 6.10. The van der Waals surface area contributed by atoms with E-state index in [0.717, 1.165) is 50.5 Å². The van der Waals surface area contributed by atoms with Crippen LogP contribution in [0.5, 0.6) is 0 Å². The van der Waals surface area contributed by atoms with E-state index in [1.165, 1.54) is 0 Å². The lowest BCUT2D eigenvalue weighted by atomic mass is 9.67. The zero-order valence-corrected chi connectivity index (χ0v) is 23.5. The van der Waals surface area contributed by atoms with Crippen molar-refractivity contribution in [3.05, 3.63) is 35.9 Å². The number of likely N-dealkylation sites (tertiary alicyclic amines) is 1. The molecule has 1 aromatic rings. The van der Waals surface area contributed by atoms with Crippen molar-refractivity contribution in [2.45, 2.75) is 122 Å². The molecule has 0 radical (unpaired) electrons. The third-order valence-corrected chi connectivity index (χ3v) is 9.69. The largest absolute Gasteiger partial charge is 0.480 e. The molecule has 38 heavy (non-hydrogen) atoms. The fourth-order valence-electron chi connectivity index (χ4n) is 6.98. The maximum Gasteiger partial charge on any atom is 0.326 e. The number of carboxylic acid groups (broad SMARTS) is 1. The second-order valence-electron chi connectivity index (χ2n) is 12.5. The minimum absolute atomic E-state index is 0.0153. The predicted molar refractivity (Wildman–Crippen MR) is 146 cm³/mol. The molecular formula is C31H46N2O5. The highest BCUT2D eigenvalue weighted by Gasteiger charge is 2.49. The van der Waals surface area contributed by atoms with Gasteiger partial charge in [-0.15, -0.1) is 0 Å². The summed E-state index contributed by atoms with van der Waals surface area (Å²) in [5.74, 6) is -0.711. The number of aliphatic carboxylic acids is 1. The minimum atomic E-state index is -0.939. The van der Waals surface area contributed by atoms with Gasteiger partial charge in [0.1, 0.15) is 18.2 Å². The molecule has 2 saturated carbocycles. The standard InChI is InChI=1S/C31H46N2O5/c1-20(2)31(4)17-9-13-24(19-31)38-30(37)25(16-15-22-10-6-5-7-11-22)32-21(3)28(34)33-26-14-8-12-23(26)18-27(33)29(35)36/h5-7,10-11,20-21,23-27,32H,8-9,12-19H2,1-4H3,(H,35,36)/t21-,23-,24?,25?,26-,27-,31-/m0/s1. The maximum atomic E-state index is 13.6. The number of hydrogen-bond acceptors (Lipinski definition) is 5. The number of amides is 1. The van der Waals surface area contributed by atoms with Crippen molar-refractivity contribution in [2.75, 3.05) is 0 Å². The molecule has 7 heteroatoms. The van der Waals surface area contributed by atoms with Crippen molar-refractivity contribution in [3.8, 4) is 0 Å². The third-order valence-electron chi connectivity index (χ3n) is 9.69. The molecule has 3 aliphatic rings. The van der Waals surface area contributed by atoms with Gasteiger partial charge in [0.25, 0.3) is 0 Å². The molecule has 1 aromatic carbocycles. The van der Waals surface area contributed by atoms with Crippen molar-refractivity contribution in [1.82, 2.24) is 10.2 Å². The monoisotopic (exact) mass is 526 g/mol. The van der Waals surface area contributed by atoms with Crippen molar-refractivity contribution in [2.24, 2.45) is 17.3 Å². The van der Waals surface area contributed by atoms with Gasteiger partial charge < -0.3 is 14.7 Å². The number of fused-ring (bicyclic) bond motifs is 1. The Labute approximate surface area is 227 Å². The van der Waals surface area contributed by atoms with Gasteiger partial charge in [-0.05, 0) is 87.5 Å². The van der Waals surface area contributed by atoms with Crippen LogP contribution in [0.3, 0.4) is 0 Å². The molecule has 2 aliphatic carbocycles. The highest BCUT2D eigenvalue weighted by molar-refractivity contribution is 5.88. The van der Waals surface area contributed by atoms with Crippen LogP contribution in [0.2, 0.25) is 0 Å². The molecule has 0 spiro atoms. The second kappa shape index (κ2) is 12.2. The van der Waals surface area contributed by atoms with E-state index in [1.54, 1.807) is 11.8 Å². The lowest BCUT2D eigenvalue weighted by Gasteiger charge is -2.41. The van der Waals surface area contributed by atoms with E-state index < -0.39 is 24.1 Å². The number of carbonyl (C=O) groups excluding carboxylic acids is 2. The number of esters is 1. The minimum Gasteiger partial charge on any atom is -0.480 e. The first-order valence-electron chi connectivity index (χ1n) is 14.6. The average molecular weight is 527 g/mol. The molecule has 0 aromatic heterocycles. The fraction of sp³-hybridized carbons (Fsp3) is 0.710. The summed E-state index contributed by atoms with van der Waals surface area (Å²) in [4.78, 5) is 40.8. The first kappa shape index (κ1) is 28.6. The van der Waals surface area contributed by atoms with Gasteiger partial charge >= 0.3 is 11.9 Å². The van der Waals surface area contributed by atoms with Gasteiger partial charge in [-0.25, -0.2) is 4.79 Å². The van der Waals surface area contributed by atoms with E-state index in [2.05, 4.69) is 26.1 Å². The average Bonchev–Trinajstić information content (AvgIpc) is 3.48. The molecule has 3 fully saturated rings. The van der Waals surface area contributed by atoms with E-state index in [0.29, 0.717) is 25.2 Å². The Hall–Kier alpha value is -2.41. The number of hydrogen-bond donors (Lipinski definition) is 2. The zero-order chi connectivity index (χ0) is 27.4. The van der Waals surface area contributed by atoms with Crippen LogP contribution >= 0.6 is 0 Å². The van der Waals surface area contributed by atoms with Gasteiger partial charge in [-0.1, -0.05) is 57.5 Å². The fourth-order valence-corrected chi connectivity index (χ4v) is 6.98. The van der Waals surface area contributed by atoms with Crippen LogP contribution < -0.4 is 5.32 Å². The number of carbonyl (C=O) groups is 3. The molecule has 1 saturated heterocycles. The van der Waals surface area contributed by atoms with Crippen LogP contribution in [0.15, 0.2) is 30.3 Å². The van der Waals surface area contributed by atoms with E-state index in [4.69, 9.17) is 4.74 Å². The Balaban J connectivity index is 1.46. The van der Waals surface area contributed by atoms with Crippen molar-refractivity contribution < 1.29 is 24.2 Å². The highest BCUT2D eigenvalue weighted by Crippen LogP contribution is 2.43. The first-order chi connectivity index (χ1) is 18.1. The summed E-state index contributed by atoms with van der Waals surface area (Å²) >= 11 is 0. The van der Waals surface area contributed by atoms with Crippen molar-refractivity contribution >= 4 is 17.8 Å². The molecule has 1 aliphatic heterocycles. The van der Waals surface area contributed by atoms with E-state index in [9.17, 15) is 19.5 Å². The Morgan fingerprint density at radius 2 is 1.84 bits per heavy atom. The third kappa shape index (κ3) is 6.41. The topological polar surface area (TPSA) is 95.9 Å². The number of aryl methyl sites for hydroxylation is 1. The molecule has 2 N–H and O–H groups in total. The van der Waals surface area contributed by atoms with Gasteiger partial charge in [0.05, 0.1) is 6.04 Å². The van der Waals surface area contributed by atoms with Crippen LogP contribution in [0.1, 0.15) is 91.0 Å². The summed E-state index contributed by atoms with van der Waals surface area (Å²) in [6.07, 6.45) is 8.33. The van der Waals surface area contributed by atoms with Crippen LogP contribution in [0, 0.1) is 17.3 Å². The van der Waals surface area contributed by atoms with Crippen LogP contribution in [0.25, 0.3) is 0 Å². The van der Waals surface area contributed by atoms with Crippen molar-refractivity contribution in [1.29, 1.82) is 0 Å². The highest BCUT2D eigenvalue weighted by atomic mass is 16.5. The van der Waals surface area contributed by atoms with E-state index in [-0.39, 0.29) is 35.4 Å². The quantitative estimate of drug-likeness (QED) is 0.418. The number of rotatable bonds is 10. The molecular weight excluding hydrogens is 480 g/mol. The molecule has 210 valence electrons. The Kier molecular flexibility index (Phi) is 9.17. The zero-order valence-electron chi connectivity index (χ0n) is 23.5. The molecule has 2 unspecified atom stereocenters. The summed E-state index contributed by atoms with van der Waals surface area (Å²) in [5.41, 5.74) is 1.27. The maximum absolute atomic E-state index is 13.6. The SMILES string of the molecule is CC(C)[C@@]1(C)CCCC(OC(=O)C(CCc2ccccc2)N[C@@H](C)C(=O)N2[C@H](C(=O)O)C[C@@H]3CCC[C@@H]32)C1. The lowest BCUT2D eigenvalue weighted by molar-refractivity contribution is -0.157. The molecule has 7 atom stereocenters. The van der Waals surface area contributed by atoms with Gasteiger partial charge in [0.2, 0.25) is 5.91 Å². The number of nitrogens with one attached hydrogen (secondary N) is 1. The first-order valence-corrected chi connectivity index (χ1v) is 14.6. The Bertz CT molecular complexity index is 982. The smallest absolute Gasteiger partial charge is 0.326 e. The molecule has 0 bridgehead atoms. The molecule has 7 nitrogen and oxygen atoms in total. The van der Waals surface area contributed by atoms with Crippen molar-refractivity contribution in [3.63, 3.8) is 0 Å². The van der Waals surface area contributed by atoms with Gasteiger partial charge in [0, 0.05) is 6.04 Å². The van der Waals surface area contributed by atoms with Crippen LogP contribution in [-0.2, 0) is 25.5 Å². The molecule has 1 amide bonds. The predicted octanol–water partition coefficient (Wildman–Crippen LogP) is 4.97. The van der Waals surface area contributed by atoms with E-state index >= 15 is 0 Å². The van der Waals surface area contributed by atoms with Gasteiger partial charge in [-0.2, -0.15) is 0 Å². The summed E-state index contributed by atoms with van der Waals surface area (Å²) in [7, 11) is 0. The van der Waals surface area contributed by atoms with Gasteiger partial charge in [0.15, 0.2) is 0 Å². The van der Waals surface area contributed by atoms with Crippen LogP contribution in [0.4, 0.5) is 0 Å². The lowest BCUT2D eigenvalue weighted by Crippen LogP contribution is -2.55. The Morgan fingerprint density at radius 1 is 1.11 bits per heavy atom. The summed E-state index contributed by atoms with van der Waals surface area (Å²) in [6.45, 7) is 8.51. The second-order valence-corrected chi connectivity index (χ2v) is 12.5. The number of nitrogens with zero attached hydrogens (tertiary/aromatic N) is 1. The number of benzene rings is 1. The molecule has 1 heterocycles. The van der Waals surface area contributed by atoms with E-state index in [1.807, 2.05) is 30.3 Å². The van der Waals surface area contributed by atoms with Crippen LogP contribution in [-0.4, -0.2) is 58.1 Å². The normalized spacial score (nSPS) is 30.6. The van der Waals surface area contributed by atoms with Gasteiger partial charge in [-0.3, -0.25) is 14.9 Å². The molecule has 4 rings (SSSR count). The summed E-state index contributed by atoms with van der Waals surface area (Å²) in [6, 6.07) is 7.87. The number of ether oxygens (including phenoxy) is 1. The summed E-state index contributed by atoms with van der Waals surface area (Å²) in [5, 5.41) is 13.1.